The van der Waals surface area contributed by atoms with Gasteiger partial charge in [-0.15, -0.1) is 0 Å². The van der Waals surface area contributed by atoms with Crippen molar-refractivity contribution in [3.05, 3.63) is 42.0 Å². The molecule has 2 heterocycles. The van der Waals surface area contributed by atoms with E-state index in [0.717, 1.165) is 41.9 Å². The monoisotopic (exact) mass is 410 g/mol. The summed E-state index contributed by atoms with van der Waals surface area (Å²) in [5, 5.41) is 6.83. The molecule has 0 spiro atoms. The van der Waals surface area contributed by atoms with Gasteiger partial charge in [-0.25, -0.2) is 14.8 Å². The van der Waals surface area contributed by atoms with E-state index in [0.29, 0.717) is 30.6 Å². The predicted molar refractivity (Wildman–Crippen MR) is 120 cm³/mol. The van der Waals surface area contributed by atoms with Crippen molar-refractivity contribution in [1.82, 2.24) is 14.5 Å². The Labute approximate surface area is 176 Å². The maximum absolute atomic E-state index is 11.6. The van der Waals surface area contributed by atoms with Crippen LogP contribution in [0.1, 0.15) is 43.5 Å². The van der Waals surface area contributed by atoms with E-state index >= 15 is 0 Å². The van der Waals surface area contributed by atoms with E-state index < -0.39 is 0 Å². The van der Waals surface area contributed by atoms with E-state index in [1.54, 1.807) is 12.1 Å². The number of benzene rings is 1. The molecule has 0 amide bonds. The molecule has 8 nitrogen and oxygen atoms in total. The molecule has 0 aliphatic carbocycles. The quantitative estimate of drug-likeness (QED) is 0.435. The summed E-state index contributed by atoms with van der Waals surface area (Å²) in [5.41, 5.74) is 8.70. The molecule has 1 aromatic carbocycles. The normalized spacial score (nSPS) is 11.1. The molecule has 0 aliphatic rings. The number of fused-ring (bicyclic) bond motifs is 1. The fraction of sp³-hybridized carbons (Fsp3) is 0.409. The number of esters is 1. The molecule has 3 aromatic rings. The van der Waals surface area contributed by atoms with Crippen molar-refractivity contribution in [1.29, 1.82) is 0 Å². The number of imidazole rings is 1. The first-order valence-electron chi connectivity index (χ1n) is 10.4. The van der Waals surface area contributed by atoms with Gasteiger partial charge in [-0.2, -0.15) is 0 Å². The van der Waals surface area contributed by atoms with Crippen LogP contribution >= 0.6 is 0 Å². The van der Waals surface area contributed by atoms with E-state index in [9.17, 15) is 4.79 Å². The highest BCUT2D eigenvalue weighted by molar-refractivity contribution is 5.89. The van der Waals surface area contributed by atoms with Crippen molar-refractivity contribution in [2.75, 3.05) is 24.3 Å². The lowest BCUT2D eigenvalue weighted by molar-refractivity contribution is 0.0601. The second-order valence-corrected chi connectivity index (χ2v) is 7.12. The summed E-state index contributed by atoms with van der Waals surface area (Å²) >= 11 is 0. The van der Waals surface area contributed by atoms with Gasteiger partial charge in [0.05, 0.1) is 12.7 Å². The zero-order valence-corrected chi connectivity index (χ0v) is 17.8. The molecule has 0 atom stereocenters. The number of ether oxygens (including phenoxy) is 1. The van der Waals surface area contributed by atoms with Crippen LogP contribution in [0.5, 0.6) is 0 Å². The molecule has 3 rings (SSSR count). The molecule has 2 aromatic heterocycles. The van der Waals surface area contributed by atoms with Crippen LogP contribution in [0.3, 0.4) is 0 Å². The molecule has 160 valence electrons. The largest absolute Gasteiger partial charge is 0.465 e. The SMILES string of the molecule is CCC(CC)Nc1ccc2nc(Nc3ccc(C(=O)OC)cc3)n(CCCN)c2n1. The third-order valence-electron chi connectivity index (χ3n) is 5.08. The van der Waals surface area contributed by atoms with Crippen LogP contribution in [-0.4, -0.2) is 40.2 Å². The number of carbonyl (C=O) groups is 1. The van der Waals surface area contributed by atoms with E-state index in [1.165, 1.54) is 7.11 Å². The van der Waals surface area contributed by atoms with Gasteiger partial charge in [-0.3, -0.25) is 4.57 Å². The van der Waals surface area contributed by atoms with Crippen molar-refractivity contribution >= 4 is 34.6 Å². The van der Waals surface area contributed by atoms with Crippen LogP contribution in [0.4, 0.5) is 17.5 Å². The first-order valence-corrected chi connectivity index (χ1v) is 10.4. The van der Waals surface area contributed by atoms with Gasteiger partial charge in [0.2, 0.25) is 5.95 Å². The van der Waals surface area contributed by atoms with Crippen molar-refractivity contribution < 1.29 is 9.53 Å². The maximum atomic E-state index is 11.6. The molecule has 0 bridgehead atoms. The fourth-order valence-corrected chi connectivity index (χ4v) is 3.28. The van der Waals surface area contributed by atoms with Gasteiger partial charge >= 0.3 is 5.97 Å². The van der Waals surface area contributed by atoms with Crippen molar-refractivity contribution in [2.45, 2.75) is 45.7 Å². The maximum Gasteiger partial charge on any atom is 0.337 e. The Morgan fingerprint density at radius 1 is 1.13 bits per heavy atom. The molecular formula is C22H30N6O2. The average Bonchev–Trinajstić information content (AvgIpc) is 3.12. The summed E-state index contributed by atoms with van der Waals surface area (Å²) in [6.45, 7) is 5.62. The number of aromatic nitrogens is 3. The van der Waals surface area contributed by atoms with Gasteiger partial charge in [0.25, 0.3) is 0 Å². The Hall–Kier alpha value is -3.13. The minimum absolute atomic E-state index is 0.363. The first kappa shape index (κ1) is 21.6. The van der Waals surface area contributed by atoms with E-state index in [4.69, 9.17) is 20.4 Å². The number of pyridine rings is 1. The number of nitrogens with two attached hydrogens (primary N) is 1. The molecule has 0 fully saturated rings. The number of nitrogens with zero attached hydrogens (tertiary/aromatic N) is 3. The number of aryl methyl sites for hydroxylation is 1. The number of carbonyl (C=O) groups excluding carboxylic acids is 1. The Kier molecular flexibility index (Phi) is 7.24. The summed E-state index contributed by atoms with van der Waals surface area (Å²) in [5.74, 6) is 1.17. The van der Waals surface area contributed by atoms with Crippen LogP contribution < -0.4 is 16.4 Å². The third kappa shape index (κ3) is 4.88. The van der Waals surface area contributed by atoms with Gasteiger partial charge in [0, 0.05) is 18.3 Å². The van der Waals surface area contributed by atoms with Crippen LogP contribution in [-0.2, 0) is 11.3 Å². The highest BCUT2D eigenvalue weighted by atomic mass is 16.5. The summed E-state index contributed by atoms with van der Waals surface area (Å²) in [6, 6.07) is 11.4. The predicted octanol–water partition coefficient (Wildman–Crippen LogP) is 3.91. The number of anilines is 3. The van der Waals surface area contributed by atoms with Crippen LogP contribution in [0.15, 0.2) is 36.4 Å². The molecule has 4 N–H and O–H groups in total. The Morgan fingerprint density at radius 2 is 1.87 bits per heavy atom. The Morgan fingerprint density at radius 3 is 2.50 bits per heavy atom. The molecule has 0 aliphatic heterocycles. The van der Waals surface area contributed by atoms with Gasteiger partial charge in [-0.05, 0) is 62.2 Å². The van der Waals surface area contributed by atoms with Crippen LogP contribution in [0.2, 0.25) is 0 Å². The van der Waals surface area contributed by atoms with Crippen LogP contribution in [0.25, 0.3) is 11.2 Å². The summed E-state index contributed by atoms with van der Waals surface area (Å²) in [6.07, 6.45) is 2.89. The Bertz CT molecular complexity index is 979. The number of rotatable bonds is 10. The number of methoxy groups -OCH3 is 1. The fourth-order valence-electron chi connectivity index (χ4n) is 3.28. The molecule has 0 radical (unpaired) electrons. The zero-order chi connectivity index (χ0) is 21.5. The minimum atomic E-state index is -0.363. The third-order valence-corrected chi connectivity index (χ3v) is 5.08. The number of hydrogen-bond acceptors (Lipinski definition) is 7. The van der Waals surface area contributed by atoms with E-state index in [2.05, 4.69) is 29.0 Å². The van der Waals surface area contributed by atoms with Crippen LogP contribution in [0, 0.1) is 0 Å². The molecular weight excluding hydrogens is 380 g/mol. The number of nitrogens with one attached hydrogen (secondary N) is 2. The highest BCUT2D eigenvalue weighted by Crippen LogP contribution is 2.24. The van der Waals surface area contributed by atoms with Gasteiger partial charge in [-0.1, -0.05) is 13.8 Å². The molecule has 0 saturated heterocycles. The van der Waals surface area contributed by atoms with E-state index in [-0.39, 0.29) is 5.97 Å². The second-order valence-electron chi connectivity index (χ2n) is 7.12. The average molecular weight is 411 g/mol. The second kappa shape index (κ2) is 10.1. The smallest absolute Gasteiger partial charge is 0.337 e. The molecule has 30 heavy (non-hydrogen) atoms. The van der Waals surface area contributed by atoms with Gasteiger partial charge in [0.15, 0.2) is 5.65 Å². The van der Waals surface area contributed by atoms with Gasteiger partial charge < -0.3 is 21.1 Å². The van der Waals surface area contributed by atoms with Crippen molar-refractivity contribution in [3.8, 4) is 0 Å². The Balaban J connectivity index is 1.91. The lowest BCUT2D eigenvalue weighted by atomic mass is 10.2. The molecule has 0 unspecified atom stereocenters. The minimum Gasteiger partial charge on any atom is -0.465 e. The molecule has 0 saturated carbocycles. The highest BCUT2D eigenvalue weighted by Gasteiger charge is 2.14. The summed E-state index contributed by atoms with van der Waals surface area (Å²) < 4.78 is 6.80. The lowest BCUT2D eigenvalue weighted by Crippen LogP contribution is -2.18. The van der Waals surface area contributed by atoms with E-state index in [1.807, 2.05) is 24.3 Å². The first-order chi connectivity index (χ1) is 14.6. The topological polar surface area (TPSA) is 107 Å². The molecule has 8 heteroatoms. The van der Waals surface area contributed by atoms with Gasteiger partial charge in [0.1, 0.15) is 11.3 Å². The zero-order valence-electron chi connectivity index (χ0n) is 17.8. The summed E-state index contributed by atoms with van der Waals surface area (Å²) in [7, 11) is 1.37. The van der Waals surface area contributed by atoms with Crippen molar-refractivity contribution in [3.63, 3.8) is 0 Å². The van der Waals surface area contributed by atoms with Crippen molar-refractivity contribution in [2.24, 2.45) is 5.73 Å². The summed E-state index contributed by atoms with van der Waals surface area (Å²) in [4.78, 5) is 21.2. The standard InChI is InChI=1S/C22H30N6O2/c1-4-16(5-2)24-19-12-11-18-20(27-19)28(14-6-13-23)22(26-18)25-17-9-7-15(8-10-17)21(29)30-3/h7-12,16H,4-6,13-14,23H2,1-3H3,(H,24,27)(H,25,26). The number of hydrogen-bond donors (Lipinski definition) is 3. The lowest BCUT2D eigenvalue weighted by Gasteiger charge is -2.15.